The predicted octanol–water partition coefficient (Wildman–Crippen LogP) is 2.21. The van der Waals surface area contributed by atoms with Gasteiger partial charge in [-0.05, 0) is 30.5 Å². The van der Waals surface area contributed by atoms with Crippen molar-refractivity contribution in [3.8, 4) is 0 Å². The van der Waals surface area contributed by atoms with Gasteiger partial charge in [0.15, 0.2) is 0 Å². The van der Waals surface area contributed by atoms with Crippen LogP contribution >= 0.6 is 0 Å². The van der Waals surface area contributed by atoms with Crippen molar-refractivity contribution in [2.45, 2.75) is 38.5 Å². The lowest BCUT2D eigenvalue weighted by Gasteiger charge is -2.30. The van der Waals surface area contributed by atoms with Crippen molar-refractivity contribution in [2.24, 2.45) is 0 Å². The van der Waals surface area contributed by atoms with E-state index < -0.39 is 6.10 Å². The molecule has 0 saturated heterocycles. The third-order valence-corrected chi connectivity index (χ3v) is 3.91. The highest BCUT2D eigenvalue weighted by molar-refractivity contribution is 5.34. The second-order valence-electron chi connectivity index (χ2n) is 5.36. The number of aromatic nitrogens is 2. The van der Waals surface area contributed by atoms with Gasteiger partial charge in [-0.1, -0.05) is 31.2 Å². The first-order valence-corrected chi connectivity index (χ1v) is 7.31. The average molecular weight is 271 g/mol. The van der Waals surface area contributed by atoms with E-state index in [4.69, 9.17) is 0 Å². The number of aliphatic hydroxyl groups excluding tert-OH is 1. The number of nitrogens with one attached hydrogen (secondary N) is 1. The van der Waals surface area contributed by atoms with Gasteiger partial charge < -0.3 is 10.4 Å². The van der Waals surface area contributed by atoms with Gasteiger partial charge in [-0.2, -0.15) is 5.10 Å². The topological polar surface area (TPSA) is 50.1 Å². The van der Waals surface area contributed by atoms with E-state index in [2.05, 4.69) is 35.5 Å². The van der Waals surface area contributed by atoms with Crippen molar-refractivity contribution in [3.63, 3.8) is 0 Å². The molecule has 0 spiro atoms. The lowest BCUT2D eigenvalue weighted by atomic mass is 9.89. The van der Waals surface area contributed by atoms with Crippen molar-refractivity contribution in [1.29, 1.82) is 0 Å². The molecule has 1 aromatic heterocycles. The normalized spacial score (nSPS) is 19.6. The number of nitrogens with zero attached hydrogens (tertiary/aromatic N) is 2. The fourth-order valence-electron chi connectivity index (χ4n) is 2.90. The van der Waals surface area contributed by atoms with E-state index in [1.165, 1.54) is 11.1 Å². The monoisotopic (exact) mass is 271 g/mol. The van der Waals surface area contributed by atoms with Crippen molar-refractivity contribution in [1.82, 2.24) is 15.1 Å². The first-order chi connectivity index (χ1) is 9.79. The Balaban J connectivity index is 1.85. The third kappa shape index (κ3) is 2.49. The molecule has 0 saturated carbocycles. The molecule has 106 valence electrons. The van der Waals surface area contributed by atoms with E-state index in [1.807, 2.05) is 16.9 Å². The van der Waals surface area contributed by atoms with Gasteiger partial charge in [0, 0.05) is 18.3 Å². The first kappa shape index (κ1) is 13.3. The molecule has 0 amide bonds. The Morgan fingerprint density at radius 2 is 2.30 bits per heavy atom. The van der Waals surface area contributed by atoms with Gasteiger partial charge >= 0.3 is 0 Å². The zero-order valence-corrected chi connectivity index (χ0v) is 11.8. The summed E-state index contributed by atoms with van der Waals surface area (Å²) in [6, 6.07) is 8.31. The van der Waals surface area contributed by atoms with Crippen LogP contribution in [0.15, 0.2) is 36.7 Å². The Labute approximate surface area is 119 Å². The SMILES string of the molecule is CCCn1cc(C(O)C2NCCc3ccccc32)cn1. The molecule has 1 aliphatic heterocycles. The summed E-state index contributed by atoms with van der Waals surface area (Å²) in [5, 5.41) is 18.4. The van der Waals surface area contributed by atoms with Crippen molar-refractivity contribution >= 4 is 0 Å². The Morgan fingerprint density at radius 3 is 3.15 bits per heavy atom. The number of benzene rings is 1. The minimum absolute atomic E-state index is 0.0424. The van der Waals surface area contributed by atoms with Gasteiger partial charge in [0.25, 0.3) is 0 Å². The van der Waals surface area contributed by atoms with Gasteiger partial charge in [0.1, 0.15) is 6.10 Å². The van der Waals surface area contributed by atoms with Gasteiger partial charge in [-0.15, -0.1) is 0 Å². The van der Waals surface area contributed by atoms with Crippen LogP contribution in [0.2, 0.25) is 0 Å². The smallest absolute Gasteiger partial charge is 0.101 e. The summed E-state index contributed by atoms with van der Waals surface area (Å²) in [6.45, 7) is 3.92. The zero-order chi connectivity index (χ0) is 13.9. The summed E-state index contributed by atoms with van der Waals surface area (Å²) in [5.74, 6) is 0. The van der Waals surface area contributed by atoms with Gasteiger partial charge in [-0.25, -0.2) is 0 Å². The average Bonchev–Trinajstić information content (AvgIpc) is 2.95. The van der Waals surface area contributed by atoms with E-state index >= 15 is 0 Å². The van der Waals surface area contributed by atoms with Gasteiger partial charge in [0.05, 0.1) is 12.2 Å². The minimum Gasteiger partial charge on any atom is -0.386 e. The first-order valence-electron chi connectivity index (χ1n) is 7.31. The Morgan fingerprint density at radius 1 is 1.45 bits per heavy atom. The molecule has 20 heavy (non-hydrogen) atoms. The predicted molar refractivity (Wildman–Crippen MR) is 78.4 cm³/mol. The maximum absolute atomic E-state index is 10.7. The lowest BCUT2D eigenvalue weighted by molar-refractivity contribution is 0.125. The molecule has 2 atom stereocenters. The molecule has 0 radical (unpaired) electrons. The molecular formula is C16H21N3O. The van der Waals surface area contributed by atoms with E-state index in [-0.39, 0.29) is 6.04 Å². The summed E-state index contributed by atoms with van der Waals surface area (Å²) in [4.78, 5) is 0. The molecule has 1 aliphatic rings. The van der Waals surface area contributed by atoms with Crippen LogP contribution in [-0.2, 0) is 13.0 Å². The van der Waals surface area contributed by atoms with Crippen molar-refractivity contribution < 1.29 is 5.11 Å². The molecule has 3 rings (SSSR count). The molecule has 1 aromatic carbocycles. The molecule has 0 aliphatic carbocycles. The Hall–Kier alpha value is -1.65. The highest BCUT2D eigenvalue weighted by Crippen LogP contribution is 2.32. The van der Waals surface area contributed by atoms with E-state index in [0.29, 0.717) is 0 Å². The number of aryl methyl sites for hydroxylation is 1. The van der Waals surface area contributed by atoms with Crippen LogP contribution in [0, 0.1) is 0 Å². The highest BCUT2D eigenvalue weighted by Gasteiger charge is 2.27. The molecule has 2 N–H and O–H groups in total. The maximum atomic E-state index is 10.7. The summed E-state index contributed by atoms with van der Waals surface area (Å²) < 4.78 is 1.90. The third-order valence-electron chi connectivity index (χ3n) is 3.91. The minimum atomic E-state index is -0.554. The van der Waals surface area contributed by atoms with Crippen LogP contribution in [0.4, 0.5) is 0 Å². The quantitative estimate of drug-likeness (QED) is 0.896. The van der Waals surface area contributed by atoms with Crippen LogP contribution in [0.3, 0.4) is 0 Å². The van der Waals surface area contributed by atoms with Gasteiger partial charge in [0.2, 0.25) is 0 Å². The second-order valence-corrected chi connectivity index (χ2v) is 5.36. The molecule has 4 heteroatoms. The number of rotatable bonds is 4. The molecule has 0 fully saturated rings. The number of fused-ring (bicyclic) bond motifs is 1. The van der Waals surface area contributed by atoms with Crippen LogP contribution in [-0.4, -0.2) is 21.4 Å². The van der Waals surface area contributed by atoms with Crippen molar-refractivity contribution in [2.75, 3.05) is 6.54 Å². The van der Waals surface area contributed by atoms with E-state index in [9.17, 15) is 5.11 Å². The summed E-state index contributed by atoms with van der Waals surface area (Å²) in [7, 11) is 0. The standard InChI is InChI=1S/C16H21N3O/c1-2-9-19-11-13(10-18-19)16(20)15-14-6-4-3-5-12(14)7-8-17-15/h3-6,10-11,15-17,20H,2,7-9H2,1H3. The van der Waals surface area contributed by atoms with E-state index in [0.717, 1.165) is 31.5 Å². The van der Waals surface area contributed by atoms with Crippen LogP contribution in [0.5, 0.6) is 0 Å². The van der Waals surface area contributed by atoms with Gasteiger partial charge in [-0.3, -0.25) is 4.68 Å². The lowest BCUT2D eigenvalue weighted by Crippen LogP contribution is -2.33. The molecule has 2 heterocycles. The fourth-order valence-corrected chi connectivity index (χ4v) is 2.90. The summed E-state index contributed by atoms with van der Waals surface area (Å²) >= 11 is 0. The summed E-state index contributed by atoms with van der Waals surface area (Å²) in [5.41, 5.74) is 3.42. The number of aliphatic hydroxyl groups is 1. The zero-order valence-electron chi connectivity index (χ0n) is 11.8. The molecule has 4 nitrogen and oxygen atoms in total. The molecule has 2 unspecified atom stereocenters. The molecule has 0 bridgehead atoms. The number of hydrogen-bond acceptors (Lipinski definition) is 3. The number of hydrogen-bond donors (Lipinski definition) is 2. The summed E-state index contributed by atoms with van der Waals surface area (Å²) in [6.07, 6.45) is 5.24. The second kappa shape index (κ2) is 5.77. The molecule has 2 aromatic rings. The van der Waals surface area contributed by atoms with Crippen molar-refractivity contribution in [3.05, 3.63) is 53.3 Å². The van der Waals surface area contributed by atoms with Crippen LogP contribution in [0.25, 0.3) is 0 Å². The van der Waals surface area contributed by atoms with Crippen LogP contribution in [0.1, 0.15) is 42.2 Å². The molecular weight excluding hydrogens is 250 g/mol. The highest BCUT2D eigenvalue weighted by atomic mass is 16.3. The Bertz CT molecular complexity index is 579. The fraction of sp³-hybridized carbons (Fsp3) is 0.438. The Kier molecular flexibility index (Phi) is 3.85. The van der Waals surface area contributed by atoms with Crippen LogP contribution < -0.4 is 5.32 Å². The maximum Gasteiger partial charge on any atom is 0.101 e. The largest absolute Gasteiger partial charge is 0.386 e. The van der Waals surface area contributed by atoms with E-state index in [1.54, 1.807) is 6.20 Å².